The van der Waals surface area contributed by atoms with E-state index in [1.165, 1.54) is 24.3 Å². The molecule has 0 aliphatic carbocycles. The number of fused-ring (bicyclic) bond motifs is 1. The van der Waals surface area contributed by atoms with Gasteiger partial charge in [0.15, 0.2) is 5.03 Å². The summed E-state index contributed by atoms with van der Waals surface area (Å²) >= 11 is 0. The maximum absolute atomic E-state index is 14.2. The molecule has 0 atom stereocenters. The first kappa shape index (κ1) is 17.4. The Hall–Kier alpha value is -3.05. The average Bonchev–Trinajstić information content (AvgIpc) is 2.68. The number of rotatable bonds is 3. The smallest absolute Gasteiger partial charge is 0.226 e. The molecular formula is C22H16FNO2S. The molecule has 0 aliphatic rings. The fourth-order valence-electron chi connectivity index (χ4n) is 3.08. The van der Waals surface area contributed by atoms with Crippen molar-refractivity contribution in [1.29, 1.82) is 0 Å². The lowest BCUT2D eigenvalue weighted by Gasteiger charge is -2.12. The molecule has 3 aromatic carbocycles. The number of nitrogens with zero attached hydrogens (tertiary/aromatic N) is 1. The van der Waals surface area contributed by atoms with Crippen LogP contribution in [0.4, 0.5) is 4.39 Å². The molecule has 134 valence electrons. The highest BCUT2D eigenvalue weighted by atomic mass is 32.2. The summed E-state index contributed by atoms with van der Waals surface area (Å²) in [4.78, 5) is 3.96. The fourth-order valence-corrected chi connectivity index (χ4v) is 4.38. The monoisotopic (exact) mass is 377 g/mol. The summed E-state index contributed by atoms with van der Waals surface area (Å²) in [7, 11) is -4.09. The molecule has 0 saturated heterocycles. The summed E-state index contributed by atoms with van der Waals surface area (Å²) in [6, 6.07) is 22.0. The van der Waals surface area contributed by atoms with Crippen molar-refractivity contribution in [2.75, 3.05) is 0 Å². The highest BCUT2D eigenvalue weighted by Gasteiger charge is 2.24. The van der Waals surface area contributed by atoms with E-state index in [2.05, 4.69) is 4.98 Å². The molecule has 0 spiro atoms. The van der Waals surface area contributed by atoms with Gasteiger partial charge >= 0.3 is 0 Å². The summed E-state index contributed by atoms with van der Waals surface area (Å²) in [5.41, 5.74) is 3.22. The molecule has 0 N–H and O–H groups in total. The molecule has 0 fully saturated rings. The lowest BCUT2D eigenvalue weighted by Crippen LogP contribution is -2.07. The van der Waals surface area contributed by atoms with E-state index in [1.54, 1.807) is 6.07 Å². The van der Waals surface area contributed by atoms with Gasteiger partial charge in [-0.15, -0.1) is 0 Å². The van der Waals surface area contributed by atoms with Crippen molar-refractivity contribution >= 4 is 20.7 Å². The Balaban J connectivity index is 2.04. The van der Waals surface area contributed by atoms with Gasteiger partial charge in [-0.05, 0) is 48.4 Å². The second-order valence-corrected chi connectivity index (χ2v) is 8.19. The molecule has 0 radical (unpaired) electrons. The molecule has 27 heavy (non-hydrogen) atoms. The minimum atomic E-state index is -4.09. The van der Waals surface area contributed by atoms with Gasteiger partial charge in [-0.25, -0.2) is 17.8 Å². The van der Waals surface area contributed by atoms with E-state index in [0.717, 1.165) is 28.1 Å². The standard InChI is InChI=1S/C22H16FNO2S/c1-15-11-12-20-18(13-15)17(16-7-3-2-4-8-16)14-22(24-20)27(25,26)21-10-6-5-9-19(21)23/h2-14H,1H3. The van der Waals surface area contributed by atoms with E-state index < -0.39 is 15.7 Å². The third-order valence-electron chi connectivity index (χ3n) is 4.43. The summed E-state index contributed by atoms with van der Waals surface area (Å²) in [6.45, 7) is 1.97. The maximum Gasteiger partial charge on any atom is 0.226 e. The van der Waals surface area contributed by atoms with Crippen LogP contribution < -0.4 is 0 Å². The molecule has 0 aliphatic heterocycles. The lowest BCUT2D eigenvalue weighted by molar-refractivity contribution is 0.565. The largest absolute Gasteiger partial charge is 0.236 e. The molecule has 4 rings (SSSR count). The van der Waals surface area contributed by atoms with Crippen LogP contribution >= 0.6 is 0 Å². The van der Waals surface area contributed by atoms with Crippen LogP contribution in [0.2, 0.25) is 0 Å². The van der Waals surface area contributed by atoms with Crippen molar-refractivity contribution in [3.05, 3.63) is 90.2 Å². The van der Waals surface area contributed by atoms with Crippen molar-refractivity contribution in [2.45, 2.75) is 16.8 Å². The number of aryl methyl sites for hydroxylation is 1. The Labute approximate surface area is 157 Å². The molecular weight excluding hydrogens is 361 g/mol. The lowest BCUT2D eigenvalue weighted by atomic mass is 10.0. The highest BCUT2D eigenvalue weighted by Crippen LogP contribution is 2.32. The second-order valence-electron chi connectivity index (χ2n) is 6.33. The van der Waals surface area contributed by atoms with E-state index in [9.17, 15) is 12.8 Å². The topological polar surface area (TPSA) is 47.0 Å². The first-order chi connectivity index (χ1) is 13.0. The van der Waals surface area contributed by atoms with Crippen LogP contribution in [-0.2, 0) is 9.84 Å². The minimum absolute atomic E-state index is 0.164. The Morgan fingerprint density at radius 2 is 1.56 bits per heavy atom. The summed E-state index contributed by atoms with van der Waals surface area (Å²) < 4.78 is 40.2. The molecule has 0 bridgehead atoms. The highest BCUT2D eigenvalue weighted by molar-refractivity contribution is 7.91. The van der Waals surface area contributed by atoms with Gasteiger partial charge in [-0.3, -0.25) is 0 Å². The van der Waals surface area contributed by atoms with Gasteiger partial charge in [0.05, 0.1) is 5.52 Å². The normalized spacial score (nSPS) is 11.6. The van der Waals surface area contributed by atoms with E-state index in [4.69, 9.17) is 0 Å². The van der Waals surface area contributed by atoms with Gasteiger partial charge in [0.25, 0.3) is 0 Å². The summed E-state index contributed by atoms with van der Waals surface area (Å²) in [5, 5.41) is 0.691. The first-order valence-corrected chi connectivity index (χ1v) is 9.91. The molecule has 1 heterocycles. The first-order valence-electron chi connectivity index (χ1n) is 8.43. The van der Waals surface area contributed by atoms with Crippen LogP contribution in [0, 0.1) is 12.7 Å². The minimum Gasteiger partial charge on any atom is -0.236 e. The SMILES string of the molecule is Cc1ccc2nc(S(=O)(=O)c3ccccc3F)cc(-c3ccccc3)c2c1. The average molecular weight is 377 g/mol. The molecule has 0 saturated carbocycles. The Kier molecular flexibility index (Phi) is 4.24. The van der Waals surface area contributed by atoms with Gasteiger partial charge in [-0.1, -0.05) is 54.1 Å². The third kappa shape index (κ3) is 3.11. The Bertz CT molecular complexity index is 1250. The zero-order valence-electron chi connectivity index (χ0n) is 14.6. The Morgan fingerprint density at radius 1 is 0.852 bits per heavy atom. The summed E-state index contributed by atoms with van der Waals surface area (Å²) in [5.74, 6) is -0.787. The molecule has 3 nitrogen and oxygen atoms in total. The maximum atomic E-state index is 14.2. The number of pyridine rings is 1. The molecule has 4 aromatic rings. The zero-order chi connectivity index (χ0) is 19.0. The summed E-state index contributed by atoms with van der Waals surface area (Å²) in [6.07, 6.45) is 0. The zero-order valence-corrected chi connectivity index (χ0v) is 15.4. The number of hydrogen-bond acceptors (Lipinski definition) is 3. The third-order valence-corrected chi connectivity index (χ3v) is 6.10. The van der Waals surface area contributed by atoms with Crippen molar-refractivity contribution in [1.82, 2.24) is 4.98 Å². The number of hydrogen-bond donors (Lipinski definition) is 0. The molecule has 0 amide bonds. The number of sulfone groups is 1. The van der Waals surface area contributed by atoms with Crippen molar-refractivity contribution < 1.29 is 12.8 Å². The molecule has 0 unspecified atom stereocenters. The van der Waals surface area contributed by atoms with Gasteiger partial charge in [-0.2, -0.15) is 0 Å². The number of halogens is 1. The predicted octanol–water partition coefficient (Wildman–Crippen LogP) is 5.18. The van der Waals surface area contributed by atoms with Gasteiger partial charge in [0.2, 0.25) is 9.84 Å². The van der Waals surface area contributed by atoms with E-state index in [1.807, 2.05) is 49.4 Å². The quantitative estimate of drug-likeness (QED) is 0.494. The van der Waals surface area contributed by atoms with Crippen LogP contribution in [0.3, 0.4) is 0 Å². The van der Waals surface area contributed by atoms with Crippen LogP contribution in [-0.4, -0.2) is 13.4 Å². The predicted molar refractivity (Wildman–Crippen MR) is 104 cm³/mol. The van der Waals surface area contributed by atoms with E-state index in [0.29, 0.717) is 5.52 Å². The number of benzene rings is 3. The number of aromatic nitrogens is 1. The van der Waals surface area contributed by atoms with E-state index in [-0.39, 0.29) is 9.92 Å². The van der Waals surface area contributed by atoms with Crippen LogP contribution in [0.15, 0.2) is 88.8 Å². The van der Waals surface area contributed by atoms with Crippen molar-refractivity contribution in [3.63, 3.8) is 0 Å². The molecule has 1 aromatic heterocycles. The fraction of sp³-hybridized carbons (Fsp3) is 0.0455. The Morgan fingerprint density at radius 3 is 2.30 bits per heavy atom. The van der Waals surface area contributed by atoms with Crippen molar-refractivity contribution in [2.24, 2.45) is 0 Å². The van der Waals surface area contributed by atoms with Gasteiger partial charge < -0.3 is 0 Å². The van der Waals surface area contributed by atoms with Crippen LogP contribution in [0.25, 0.3) is 22.0 Å². The molecule has 5 heteroatoms. The van der Waals surface area contributed by atoms with Gasteiger partial charge in [0, 0.05) is 5.39 Å². The second kappa shape index (κ2) is 6.59. The van der Waals surface area contributed by atoms with Crippen LogP contribution in [0.5, 0.6) is 0 Å². The van der Waals surface area contributed by atoms with Gasteiger partial charge in [0.1, 0.15) is 10.7 Å². The van der Waals surface area contributed by atoms with Crippen LogP contribution in [0.1, 0.15) is 5.56 Å². The van der Waals surface area contributed by atoms with E-state index >= 15 is 0 Å². The van der Waals surface area contributed by atoms with Crippen molar-refractivity contribution in [3.8, 4) is 11.1 Å².